The van der Waals surface area contributed by atoms with Gasteiger partial charge in [-0.2, -0.15) is 0 Å². The van der Waals surface area contributed by atoms with E-state index in [1.54, 1.807) is 80.5 Å². The first-order valence-electron chi connectivity index (χ1n) is 43.8. The summed E-state index contributed by atoms with van der Waals surface area (Å²) < 4.78 is 57.9. The number of halogens is 7. The van der Waals surface area contributed by atoms with Crippen LogP contribution in [0.4, 0.5) is 10.1 Å². The molecule has 0 spiro atoms. The first-order chi connectivity index (χ1) is 67.8. The van der Waals surface area contributed by atoms with Gasteiger partial charge in [-0.15, -0.1) is 0 Å². The van der Waals surface area contributed by atoms with Gasteiger partial charge in [-0.25, -0.2) is 29.3 Å². The van der Waals surface area contributed by atoms with Gasteiger partial charge in [0, 0.05) is 84.2 Å². The summed E-state index contributed by atoms with van der Waals surface area (Å²) >= 11 is 24.3. The molecule has 0 unspecified atom stereocenters. The molecular formula is C108H74Br5ClFN17O7. The van der Waals surface area contributed by atoms with Gasteiger partial charge in [-0.1, -0.05) is 170 Å². The topological polar surface area (TPSA) is 273 Å². The quantitative estimate of drug-likeness (QED) is 0.0861. The van der Waals surface area contributed by atoms with Crippen molar-refractivity contribution in [1.82, 2.24) is 52.7 Å². The standard InChI is InChI=1S/C22H15BrClN3O.C22H15BrFN3O.C22H16BrN3O.C21H13BrN4O3.C21H15BrN4O/c2*1-13-8-9-28-22(13)21-19-11-25-20(15-4-2-3-5-17(15)24)16-10-14(23)6-7-18(16)27(19)12-26-21;1-14-9-10-27-22(14)21-19-12-24-20(15-5-3-2-4-6-15)17-11-16(23)7-8-18(17)26(19)13-25-21;22-13-7-8-16-15(10-13)20(14-4-1-2-5-17(14)26(27)28)23-11-18-21(24-12-25(16)18)19-6-3-9-29-19;1-13-7-9-27-21(13)20-18-11-24-19(16-4-2-3-8-23-16)15-10-14(22)5-6-17(15)26(18)12-25-20/h2*2-10,12H,11H2,1H3;2-11,13H,12H2,1H3;1-10,12H,11H2;2-10,12H,11H2,1H3. The second-order valence-electron chi connectivity index (χ2n) is 32.7. The molecule has 0 aliphatic carbocycles. The van der Waals surface area contributed by atoms with Crippen LogP contribution >= 0.6 is 91.3 Å². The molecule has 139 heavy (non-hydrogen) atoms. The van der Waals surface area contributed by atoms with Crippen molar-refractivity contribution in [3.8, 4) is 85.7 Å². The van der Waals surface area contributed by atoms with E-state index in [2.05, 4.69) is 172 Å². The number of nitrogens with zero attached hydrogens (tertiary/aromatic N) is 17. The normalized spacial score (nSPS) is 12.8. The first-order valence-corrected chi connectivity index (χ1v) is 48.2. The molecule has 0 saturated heterocycles. The summed E-state index contributed by atoms with van der Waals surface area (Å²) in [4.78, 5) is 63.3. The van der Waals surface area contributed by atoms with Gasteiger partial charge in [-0.3, -0.25) is 62.9 Å². The Labute approximate surface area is 841 Å². The highest BCUT2D eigenvalue weighted by Crippen LogP contribution is 2.43. The number of aromatic nitrogens is 11. The Balaban J connectivity index is 0.000000103. The summed E-state index contributed by atoms with van der Waals surface area (Å²) in [5, 5.41) is 12.3. The SMILES string of the molecule is Cc1ccoc1-c1ncn2c1CN=C(c1ccccc1)c1cc(Br)ccc1-2.Cc1ccoc1-c1ncn2c1CN=C(c1ccccc1Cl)c1cc(Br)ccc1-2.Cc1ccoc1-c1ncn2c1CN=C(c1ccccc1F)c1cc(Br)ccc1-2.Cc1ccoc1-c1ncn2c1CN=C(c1ccccn1)c1cc(Br)ccc1-2.O=[N+]([O-])c1ccccc1C1=NCc2c(-c3ccco3)ncn2-c2ccc(Br)cc21. The maximum atomic E-state index is 14.6. The molecule has 0 amide bonds. The number of nitro groups is 1. The van der Waals surface area contributed by atoms with Crippen LogP contribution in [0, 0.1) is 43.6 Å². The molecule has 24 nitrogen and oxygen atoms in total. The lowest BCUT2D eigenvalue weighted by Crippen LogP contribution is -2.09. The largest absolute Gasteiger partial charge is 0.463 e. The van der Waals surface area contributed by atoms with Gasteiger partial charge in [0.05, 0.1) is 166 Å². The molecule has 0 bridgehead atoms. The average molecular weight is 2180 g/mol. The maximum Gasteiger partial charge on any atom is 0.278 e. The minimum absolute atomic E-state index is 0.0214. The number of hydrogen-bond donors (Lipinski definition) is 0. The minimum Gasteiger partial charge on any atom is -0.463 e. The summed E-state index contributed by atoms with van der Waals surface area (Å²) in [6.07, 6.45) is 19.2. The molecule has 11 aromatic heterocycles. The number of aliphatic imine (C=N–C) groups is 5. The van der Waals surface area contributed by atoms with E-state index in [0.29, 0.717) is 71.8 Å². The van der Waals surface area contributed by atoms with Crippen LogP contribution in [-0.2, 0) is 32.7 Å². The zero-order valence-corrected chi connectivity index (χ0v) is 82.8. The zero-order chi connectivity index (χ0) is 95.2. The number of rotatable bonds is 11. The second-order valence-corrected chi connectivity index (χ2v) is 37.7. The number of imidazole rings is 5. The van der Waals surface area contributed by atoms with Crippen molar-refractivity contribution in [2.24, 2.45) is 25.0 Å². The molecule has 0 N–H and O–H groups in total. The van der Waals surface area contributed by atoms with Crippen LogP contribution in [0.2, 0.25) is 5.02 Å². The molecule has 0 atom stereocenters. The predicted molar refractivity (Wildman–Crippen MR) is 552 cm³/mol. The number of hydrogen-bond acceptors (Lipinski definition) is 18. The molecule has 25 rings (SSSR count). The Morgan fingerprint density at radius 2 is 0.662 bits per heavy atom. The van der Waals surface area contributed by atoms with E-state index in [9.17, 15) is 14.5 Å². The van der Waals surface area contributed by atoms with Crippen molar-refractivity contribution < 1.29 is 31.4 Å². The monoisotopic (exact) mass is 2170 g/mol. The fourth-order valence-corrected chi connectivity index (χ4v) is 19.7. The Kier molecular flexibility index (Phi) is 25.3. The molecule has 0 radical (unpaired) electrons. The van der Waals surface area contributed by atoms with Crippen molar-refractivity contribution in [3.63, 3.8) is 0 Å². The second kappa shape index (κ2) is 38.8. The Hall–Kier alpha value is -15.1. The molecule has 0 saturated carbocycles. The van der Waals surface area contributed by atoms with Crippen molar-refractivity contribution in [2.45, 2.75) is 60.4 Å². The van der Waals surface area contributed by atoms with Crippen molar-refractivity contribution in [2.75, 3.05) is 0 Å². The highest BCUT2D eigenvalue weighted by molar-refractivity contribution is 9.11. The summed E-state index contributed by atoms with van der Waals surface area (Å²) in [6, 6.07) is 79.1. The number of benzene rings is 9. The molecule has 0 fully saturated rings. The lowest BCUT2D eigenvalue weighted by atomic mass is 9.99. The summed E-state index contributed by atoms with van der Waals surface area (Å²) in [7, 11) is 0. The Morgan fingerprint density at radius 1 is 0.324 bits per heavy atom. The zero-order valence-electron chi connectivity index (χ0n) is 74.2. The predicted octanol–water partition coefficient (Wildman–Crippen LogP) is 27.6. The van der Waals surface area contributed by atoms with Gasteiger partial charge >= 0.3 is 0 Å². The Bertz CT molecular complexity index is 7950. The molecule has 31 heteroatoms. The minimum atomic E-state index is -0.378. The molecule has 9 aromatic carbocycles. The van der Waals surface area contributed by atoms with Crippen molar-refractivity contribution >= 4 is 125 Å². The van der Waals surface area contributed by atoms with Gasteiger partial charge in [0.1, 0.15) is 65.9 Å². The van der Waals surface area contributed by atoms with E-state index in [1.807, 2.05) is 214 Å². The van der Waals surface area contributed by atoms with Gasteiger partial charge < -0.3 is 22.1 Å². The highest BCUT2D eigenvalue weighted by atomic mass is 79.9. The number of para-hydroxylation sites is 1. The van der Waals surface area contributed by atoms with Gasteiger partial charge in [0.15, 0.2) is 28.8 Å². The smallest absolute Gasteiger partial charge is 0.278 e. The molecule has 20 aromatic rings. The molecule has 16 heterocycles. The summed E-state index contributed by atoms with van der Waals surface area (Å²) in [5.41, 5.74) is 30.3. The number of aryl methyl sites for hydroxylation is 4. The molecule has 682 valence electrons. The molecule has 5 aliphatic rings. The van der Waals surface area contributed by atoms with Crippen LogP contribution in [0.15, 0.2) is 387 Å². The van der Waals surface area contributed by atoms with E-state index >= 15 is 0 Å². The van der Waals surface area contributed by atoms with Crippen LogP contribution in [0.5, 0.6) is 0 Å². The number of furan rings is 5. The third-order valence-electron chi connectivity index (χ3n) is 24.3. The van der Waals surface area contributed by atoms with E-state index < -0.39 is 0 Å². The first kappa shape index (κ1) is 90.4. The van der Waals surface area contributed by atoms with Crippen LogP contribution in [0.1, 0.15) is 106 Å². The van der Waals surface area contributed by atoms with E-state index in [0.717, 1.165) is 209 Å². The number of pyridine rings is 1. The summed E-state index contributed by atoms with van der Waals surface area (Å²) in [6.45, 7) is 10.2. The van der Waals surface area contributed by atoms with Crippen molar-refractivity contribution in [3.05, 3.63) is 468 Å². The number of fused-ring (bicyclic) bond motifs is 15. The van der Waals surface area contributed by atoms with Crippen molar-refractivity contribution in [1.29, 1.82) is 0 Å². The molecular weight excluding hydrogens is 2100 g/mol. The fourth-order valence-electron chi connectivity index (χ4n) is 17.6. The maximum absolute atomic E-state index is 14.6. The van der Waals surface area contributed by atoms with Gasteiger partial charge in [0.25, 0.3) is 5.69 Å². The fraction of sp³-hybridized carbons (Fsp3) is 0.0833. The van der Waals surface area contributed by atoms with Gasteiger partial charge in [0.2, 0.25) is 0 Å². The third-order valence-corrected chi connectivity index (χ3v) is 27.1. The highest BCUT2D eigenvalue weighted by Gasteiger charge is 2.33. The van der Waals surface area contributed by atoms with Gasteiger partial charge in [-0.05, 0) is 214 Å². The van der Waals surface area contributed by atoms with Crippen LogP contribution in [0.25, 0.3) is 85.7 Å². The molecule has 5 aliphatic heterocycles. The number of nitro benzene ring substituents is 1. The Morgan fingerprint density at radius 3 is 1.04 bits per heavy atom. The lowest BCUT2D eigenvalue weighted by Gasteiger charge is -2.13. The van der Waals surface area contributed by atoms with Crippen LogP contribution in [0.3, 0.4) is 0 Å². The lowest BCUT2D eigenvalue weighted by molar-refractivity contribution is -0.385. The van der Waals surface area contributed by atoms with E-state index in [-0.39, 0.29) is 16.4 Å². The summed E-state index contributed by atoms with van der Waals surface area (Å²) in [5.74, 6) is 3.47. The third kappa shape index (κ3) is 17.6. The average Bonchev–Trinajstić information content (AvgIpc) is 1.62. The van der Waals surface area contributed by atoms with Crippen LogP contribution < -0.4 is 0 Å². The van der Waals surface area contributed by atoms with Crippen LogP contribution in [-0.4, -0.2) is 86.2 Å². The van der Waals surface area contributed by atoms with E-state index in [1.165, 1.54) is 12.1 Å². The van der Waals surface area contributed by atoms with E-state index in [4.69, 9.17) is 58.6 Å².